The van der Waals surface area contributed by atoms with Crippen LogP contribution in [-0.4, -0.2) is 123 Å². The highest BCUT2D eigenvalue weighted by Crippen LogP contribution is 2.24. The van der Waals surface area contributed by atoms with E-state index in [0.717, 1.165) is 0 Å². The monoisotopic (exact) mass is 384 g/mol. The van der Waals surface area contributed by atoms with E-state index < -0.39 is 68.0 Å². The van der Waals surface area contributed by atoms with Crippen LogP contribution in [0.4, 0.5) is 0 Å². The van der Waals surface area contributed by atoms with Crippen LogP contribution in [0.5, 0.6) is 0 Å². The van der Waals surface area contributed by atoms with Gasteiger partial charge in [-0.05, 0) is 0 Å². The minimum absolute atomic E-state index is 0.192. The van der Waals surface area contributed by atoms with Crippen molar-refractivity contribution >= 4 is 5.78 Å². The molecule has 1 aliphatic rings. The lowest BCUT2D eigenvalue weighted by Crippen LogP contribution is -2.61. The van der Waals surface area contributed by atoms with Crippen molar-refractivity contribution in [2.24, 2.45) is 5.73 Å². The Morgan fingerprint density at radius 1 is 1.15 bits per heavy atom. The molecule has 1 heterocycles. The Morgan fingerprint density at radius 2 is 1.81 bits per heavy atom. The van der Waals surface area contributed by atoms with Crippen LogP contribution in [0.1, 0.15) is 0 Å². The first-order chi connectivity index (χ1) is 12.3. The summed E-state index contributed by atoms with van der Waals surface area (Å²) in [6.45, 7) is -1.20. The van der Waals surface area contributed by atoms with Crippen molar-refractivity contribution in [2.45, 2.75) is 49.0 Å². The predicted molar refractivity (Wildman–Crippen MR) is 84.7 cm³/mol. The minimum atomic E-state index is -1.80. The molecule has 0 spiro atoms. The third kappa shape index (κ3) is 5.87. The Morgan fingerprint density at radius 3 is 2.35 bits per heavy atom. The number of nitrogens with one attached hydrogen (secondary N) is 1. The first-order valence-corrected chi connectivity index (χ1v) is 8.15. The molecule has 8 atom stereocenters. The zero-order chi connectivity index (χ0) is 19.9. The Labute approximate surface area is 149 Å². The molecule has 0 amide bonds. The van der Waals surface area contributed by atoms with Gasteiger partial charge in [-0.1, -0.05) is 0 Å². The summed E-state index contributed by atoms with van der Waals surface area (Å²) in [5, 5.41) is 70.0. The number of carbonyl (C=O) groups excluding carboxylic acids is 1. The summed E-state index contributed by atoms with van der Waals surface area (Å²) >= 11 is 0. The van der Waals surface area contributed by atoms with Crippen molar-refractivity contribution in [3.8, 4) is 0 Å². The predicted octanol–water partition coefficient (Wildman–Crippen LogP) is -6.00. The van der Waals surface area contributed by atoms with Crippen LogP contribution in [0.3, 0.4) is 0 Å². The molecule has 0 saturated carbocycles. The number of aliphatic hydroxyl groups excluding tert-OH is 7. The fourth-order valence-corrected chi connectivity index (χ4v) is 2.40. The van der Waals surface area contributed by atoms with Crippen LogP contribution in [-0.2, 0) is 14.3 Å². The van der Waals surface area contributed by atoms with Crippen molar-refractivity contribution in [3.05, 3.63) is 0 Å². The van der Waals surface area contributed by atoms with Crippen LogP contribution in [0.15, 0.2) is 0 Å². The number of hydrogen-bond donors (Lipinski definition) is 9. The maximum absolute atomic E-state index is 12.3. The standard InChI is InChI=1S/C14H28N2O10/c15-1-2-16-3-6(19)9(21)13(7(20)4-17)26-14-12(24)11(23)10(22)8(5-18)25-14/h6-8,10-14,16-20,22-24H,1-5,15H2. The summed E-state index contributed by atoms with van der Waals surface area (Å²) in [7, 11) is 0. The molecular formula is C14H28N2O10. The van der Waals surface area contributed by atoms with Crippen LogP contribution in [0.25, 0.3) is 0 Å². The number of aliphatic hydroxyl groups is 7. The summed E-state index contributed by atoms with van der Waals surface area (Å²) in [5.74, 6) is -1.01. The fourth-order valence-electron chi connectivity index (χ4n) is 2.40. The number of rotatable bonds is 11. The minimum Gasteiger partial charge on any atom is -0.394 e. The van der Waals surface area contributed by atoms with Crippen LogP contribution in [0, 0.1) is 0 Å². The molecule has 12 heteroatoms. The van der Waals surface area contributed by atoms with E-state index in [0.29, 0.717) is 6.54 Å². The molecule has 0 aliphatic carbocycles. The zero-order valence-electron chi connectivity index (χ0n) is 14.1. The highest BCUT2D eigenvalue weighted by Gasteiger charge is 2.46. The molecule has 1 saturated heterocycles. The van der Waals surface area contributed by atoms with Crippen molar-refractivity contribution < 1.29 is 50.0 Å². The quantitative estimate of drug-likeness (QED) is 0.152. The Bertz CT molecular complexity index is 427. The average molecular weight is 384 g/mol. The van der Waals surface area contributed by atoms with E-state index in [2.05, 4.69) is 5.32 Å². The third-order valence-electron chi connectivity index (χ3n) is 3.93. The van der Waals surface area contributed by atoms with E-state index in [-0.39, 0.29) is 13.1 Å². The molecule has 1 fully saturated rings. The van der Waals surface area contributed by atoms with Gasteiger partial charge in [0.2, 0.25) is 0 Å². The largest absolute Gasteiger partial charge is 0.394 e. The molecule has 1 rings (SSSR count). The van der Waals surface area contributed by atoms with Gasteiger partial charge in [0, 0.05) is 19.6 Å². The Hall–Kier alpha value is -0.770. The molecule has 8 unspecified atom stereocenters. The summed E-state index contributed by atoms with van der Waals surface area (Å²) in [4.78, 5) is 12.3. The van der Waals surface area contributed by atoms with Gasteiger partial charge < -0.3 is 56.3 Å². The maximum atomic E-state index is 12.3. The lowest BCUT2D eigenvalue weighted by Gasteiger charge is -2.41. The highest BCUT2D eigenvalue weighted by atomic mass is 16.7. The number of hydrogen-bond acceptors (Lipinski definition) is 12. The SMILES string of the molecule is NCCNCC(O)C(=O)C(OC1OC(CO)C(O)C(O)C1O)C(O)CO. The van der Waals surface area contributed by atoms with Crippen LogP contribution >= 0.6 is 0 Å². The number of Topliss-reactive ketones (excluding diaryl/α,β-unsaturated/α-hetero) is 1. The van der Waals surface area contributed by atoms with E-state index in [9.17, 15) is 30.3 Å². The smallest absolute Gasteiger partial charge is 0.194 e. The number of carbonyl (C=O) groups is 1. The second kappa shape index (κ2) is 11.2. The van der Waals surface area contributed by atoms with Gasteiger partial charge in [0.05, 0.1) is 13.2 Å². The molecular weight excluding hydrogens is 356 g/mol. The van der Waals surface area contributed by atoms with Gasteiger partial charge in [0.25, 0.3) is 0 Å². The lowest BCUT2D eigenvalue weighted by atomic mass is 9.98. The summed E-state index contributed by atoms with van der Waals surface area (Å²) in [5.41, 5.74) is 5.27. The van der Waals surface area contributed by atoms with Crippen LogP contribution < -0.4 is 11.1 Å². The topological polar surface area (TPSA) is 215 Å². The first-order valence-electron chi connectivity index (χ1n) is 8.15. The molecule has 12 nitrogen and oxygen atoms in total. The lowest BCUT2D eigenvalue weighted by molar-refractivity contribution is -0.314. The molecule has 0 aromatic rings. The van der Waals surface area contributed by atoms with E-state index in [1.807, 2.05) is 0 Å². The fraction of sp³-hybridized carbons (Fsp3) is 0.929. The van der Waals surface area contributed by atoms with Gasteiger partial charge in [0.15, 0.2) is 12.1 Å². The normalized spacial score (nSPS) is 32.8. The van der Waals surface area contributed by atoms with E-state index in [1.165, 1.54) is 0 Å². The number of ether oxygens (including phenoxy) is 2. The number of nitrogens with two attached hydrogens (primary N) is 1. The van der Waals surface area contributed by atoms with Gasteiger partial charge in [-0.25, -0.2) is 0 Å². The van der Waals surface area contributed by atoms with E-state index in [1.54, 1.807) is 0 Å². The molecule has 26 heavy (non-hydrogen) atoms. The van der Waals surface area contributed by atoms with E-state index in [4.69, 9.17) is 25.4 Å². The van der Waals surface area contributed by atoms with Gasteiger partial charge in [0.1, 0.15) is 42.7 Å². The van der Waals surface area contributed by atoms with Crippen molar-refractivity contribution in [3.63, 3.8) is 0 Å². The third-order valence-corrected chi connectivity index (χ3v) is 3.93. The van der Waals surface area contributed by atoms with Crippen LogP contribution in [0.2, 0.25) is 0 Å². The molecule has 154 valence electrons. The Balaban J connectivity index is 2.84. The molecule has 0 radical (unpaired) electrons. The van der Waals surface area contributed by atoms with E-state index >= 15 is 0 Å². The van der Waals surface area contributed by atoms with Gasteiger partial charge in [-0.2, -0.15) is 0 Å². The van der Waals surface area contributed by atoms with Crippen molar-refractivity contribution in [2.75, 3.05) is 32.8 Å². The Kier molecular flexibility index (Phi) is 9.99. The van der Waals surface area contributed by atoms with Gasteiger partial charge in [-0.3, -0.25) is 4.79 Å². The summed E-state index contributed by atoms with van der Waals surface area (Å²) < 4.78 is 10.3. The highest BCUT2D eigenvalue weighted by molar-refractivity contribution is 5.88. The zero-order valence-corrected chi connectivity index (χ0v) is 14.1. The molecule has 0 aromatic carbocycles. The average Bonchev–Trinajstić information content (AvgIpc) is 2.64. The van der Waals surface area contributed by atoms with Crippen molar-refractivity contribution in [1.82, 2.24) is 5.32 Å². The second-order valence-corrected chi connectivity index (χ2v) is 5.91. The first kappa shape index (κ1) is 23.3. The number of ketones is 1. The second-order valence-electron chi connectivity index (χ2n) is 5.91. The molecule has 10 N–H and O–H groups in total. The molecule has 0 aromatic heterocycles. The molecule has 1 aliphatic heterocycles. The summed E-state index contributed by atoms with van der Waals surface area (Å²) in [6.07, 6.45) is -13.3. The van der Waals surface area contributed by atoms with Gasteiger partial charge >= 0.3 is 0 Å². The van der Waals surface area contributed by atoms with Gasteiger partial charge in [-0.15, -0.1) is 0 Å². The van der Waals surface area contributed by atoms with Crippen molar-refractivity contribution in [1.29, 1.82) is 0 Å². The molecule has 0 bridgehead atoms. The summed E-state index contributed by atoms with van der Waals surface area (Å²) in [6, 6.07) is 0. The maximum Gasteiger partial charge on any atom is 0.194 e.